The molecule has 0 fully saturated rings. The van der Waals surface area contributed by atoms with Crippen molar-refractivity contribution in [2.45, 2.75) is 18.3 Å². The van der Waals surface area contributed by atoms with Gasteiger partial charge in [0.1, 0.15) is 5.41 Å². The minimum absolute atomic E-state index is 0.418. The summed E-state index contributed by atoms with van der Waals surface area (Å²) in [5.74, 6) is 0. The number of rotatable bonds is 6. The Hall–Kier alpha value is -0.483. The lowest BCUT2D eigenvalue weighted by molar-refractivity contribution is -0.146. The van der Waals surface area contributed by atoms with Gasteiger partial charge >= 0.3 is 0 Å². The van der Waals surface area contributed by atoms with Crippen LogP contribution < -0.4 is 0 Å². The largest absolute Gasteiger partial charge is 0.358 e. The van der Waals surface area contributed by atoms with E-state index in [9.17, 15) is 4.79 Å². The van der Waals surface area contributed by atoms with Crippen LogP contribution in [0.4, 0.5) is 0 Å². The van der Waals surface area contributed by atoms with E-state index >= 15 is 0 Å². The van der Waals surface area contributed by atoms with Gasteiger partial charge in [0.2, 0.25) is 6.08 Å². The molecule has 0 spiro atoms. The van der Waals surface area contributed by atoms with Crippen molar-refractivity contribution in [3.05, 3.63) is 0 Å². The molecular weight excluding hydrogens is 174 g/mol. The second kappa shape index (κ2) is 6.08. The summed E-state index contributed by atoms with van der Waals surface area (Å²) < 4.78 is 10.3. The molecule has 0 aliphatic heterocycles. The molecular formula is C7H15NO3Si. The molecule has 0 aromatic carbocycles. The lowest BCUT2D eigenvalue weighted by Crippen LogP contribution is -2.34. The van der Waals surface area contributed by atoms with Crippen LogP contribution in [0.25, 0.3) is 0 Å². The van der Waals surface area contributed by atoms with Gasteiger partial charge in [-0.05, 0) is 12.8 Å². The van der Waals surface area contributed by atoms with Gasteiger partial charge in [0, 0.05) is 14.2 Å². The van der Waals surface area contributed by atoms with E-state index in [4.69, 9.17) is 9.47 Å². The van der Waals surface area contributed by atoms with Crippen LogP contribution in [0.1, 0.15) is 12.8 Å². The third-order valence-electron chi connectivity index (χ3n) is 1.83. The monoisotopic (exact) mass is 189 g/mol. The summed E-state index contributed by atoms with van der Waals surface area (Å²) in [5.41, 5.74) is -0.418. The topological polar surface area (TPSA) is 47.9 Å². The van der Waals surface area contributed by atoms with Gasteiger partial charge in [0.05, 0.1) is 16.8 Å². The zero-order valence-electron chi connectivity index (χ0n) is 7.79. The van der Waals surface area contributed by atoms with E-state index in [0.717, 1.165) is 23.1 Å². The van der Waals surface area contributed by atoms with Crippen molar-refractivity contribution in [2.75, 3.05) is 20.8 Å². The Balaban J connectivity index is 3.65. The Morgan fingerprint density at radius 3 is 2.50 bits per heavy atom. The molecule has 5 heteroatoms. The second-order valence-electron chi connectivity index (χ2n) is 2.62. The smallest absolute Gasteiger partial charge is 0.234 e. The molecule has 4 nitrogen and oxygen atoms in total. The molecule has 0 bridgehead atoms. The van der Waals surface area contributed by atoms with Crippen molar-refractivity contribution in [3.63, 3.8) is 0 Å². The molecule has 0 aromatic heterocycles. The Morgan fingerprint density at radius 1 is 1.50 bits per heavy atom. The highest BCUT2D eigenvalue weighted by Gasteiger charge is 2.20. The maximum absolute atomic E-state index is 9.72. The van der Waals surface area contributed by atoms with E-state index in [1.54, 1.807) is 14.2 Å². The molecule has 12 heavy (non-hydrogen) atoms. The maximum atomic E-state index is 9.72. The van der Waals surface area contributed by atoms with Crippen molar-refractivity contribution < 1.29 is 14.3 Å². The first-order valence-corrected chi connectivity index (χ1v) is 4.82. The average molecular weight is 189 g/mol. The van der Waals surface area contributed by atoms with Crippen LogP contribution in [0, 0.1) is 0 Å². The number of hydrogen-bond donors (Lipinski definition) is 0. The van der Waals surface area contributed by atoms with Gasteiger partial charge in [-0.25, -0.2) is 9.79 Å². The van der Waals surface area contributed by atoms with Crippen LogP contribution in [-0.4, -0.2) is 42.5 Å². The van der Waals surface area contributed by atoms with Crippen LogP contribution in [0.5, 0.6) is 0 Å². The number of aliphatic imine (C=N–C) groups is 1. The fourth-order valence-corrected chi connectivity index (χ4v) is 1.17. The van der Waals surface area contributed by atoms with E-state index in [1.807, 2.05) is 0 Å². The standard InChI is InChI=1S/C7H15NO3Si/c1-10-7(12,11-2)4-3-5-8-6-9/h3-5H2,1-2,12H3. The van der Waals surface area contributed by atoms with Gasteiger partial charge in [0.15, 0.2) is 0 Å². The molecule has 0 unspecified atom stereocenters. The third kappa shape index (κ3) is 4.41. The summed E-state index contributed by atoms with van der Waals surface area (Å²) in [6, 6.07) is 0. The molecule has 0 aliphatic carbocycles. The van der Waals surface area contributed by atoms with Crippen LogP contribution >= 0.6 is 0 Å². The highest BCUT2D eigenvalue weighted by Crippen LogP contribution is 2.13. The molecule has 70 valence electrons. The zero-order valence-corrected chi connectivity index (χ0v) is 9.79. The summed E-state index contributed by atoms with van der Waals surface area (Å²) in [6.07, 6.45) is 3.06. The van der Waals surface area contributed by atoms with E-state index in [-0.39, 0.29) is 0 Å². The summed E-state index contributed by atoms with van der Waals surface area (Å²) in [4.78, 5) is 13.2. The van der Waals surface area contributed by atoms with Gasteiger partial charge in [-0.3, -0.25) is 0 Å². The summed E-state index contributed by atoms with van der Waals surface area (Å²) in [7, 11) is 4.05. The molecule has 0 radical (unpaired) electrons. The number of carbonyl (C=O) groups excluding carboxylic acids is 1. The SMILES string of the molecule is COC([SiH3])(CCCN=C=O)OC. The predicted molar refractivity (Wildman–Crippen MR) is 48.9 cm³/mol. The number of isocyanates is 1. The summed E-state index contributed by atoms with van der Waals surface area (Å²) in [6.45, 7) is 0.500. The molecule has 0 aliphatic rings. The molecule has 0 aromatic rings. The summed E-state index contributed by atoms with van der Waals surface area (Å²) in [5, 5.41) is 0. The van der Waals surface area contributed by atoms with Crippen LogP contribution in [0.15, 0.2) is 4.99 Å². The first-order chi connectivity index (χ1) is 5.68. The number of ether oxygens (including phenoxy) is 2. The van der Waals surface area contributed by atoms with E-state index in [0.29, 0.717) is 6.54 Å². The Morgan fingerprint density at radius 2 is 2.08 bits per heavy atom. The lowest BCUT2D eigenvalue weighted by atomic mass is 10.3. The van der Waals surface area contributed by atoms with Gasteiger partial charge in [-0.15, -0.1) is 0 Å². The third-order valence-corrected chi connectivity index (χ3v) is 3.15. The Kier molecular flexibility index (Phi) is 5.83. The van der Waals surface area contributed by atoms with Crippen molar-refractivity contribution >= 4 is 16.3 Å². The van der Waals surface area contributed by atoms with Crippen LogP contribution in [0.2, 0.25) is 0 Å². The van der Waals surface area contributed by atoms with Crippen molar-refractivity contribution in [1.82, 2.24) is 0 Å². The fourth-order valence-electron chi connectivity index (χ4n) is 0.812. The average Bonchev–Trinajstić information content (AvgIpc) is 2.12. The van der Waals surface area contributed by atoms with Gasteiger partial charge in [-0.1, -0.05) is 0 Å². The van der Waals surface area contributed by atoms with Gasteiger partial charge < -0.3 is 9.47 Å². The van der Waals surface area contributed by atoms with Crippen LogP contribution in [0.3, 0.4) is 0 Å². The molecule has 0 saturated carbocycles. The van der Waals surface area contributed by atoms with E-state index in [1.165, 1.54) is 6.08 Å². The highest BCUT2D eigenvalue weighted by atomic mass is 28.1. The minimum atomic E-state index is -0.418. The quantitative estimate of drug-likeness (QED) is 0.184. The number of hydrogen-bond acceptors (Lipinski definition) is 4. The van der Waals surface area contributed by atoms with E-state index in [2.05, 4.69) is 4.99 Å². The normalized spacial score (nSPS) is 11.2. The maximum Gasteiger partial charge on any atom is 0.234 e. The molecule has 0 heterocycles. The molecule has 0 saturated heterocycles. The number of nitrogens with zero attached hydrogens (tertiary/aromatic N) is 1. The van der Waals surface area contributed by atoms with E-state index < -0.39 is 5.41 Å². The first kappa shape index (κ1) is 11.5. The first-order valence-electron chi connectivity index (χ1n) is 3.82. The van der Waals surface area contributed by atoms with Crippen molar-refractivity contribution in [2.24, 2.45) is 4.99 Å². The minimum Gasteiger partial charge on any atom is -0.358 e. The van der Waals surface area contributed by atoms with Crippen LogP contribution in [-0.2, 0) is 14.3 Å². The fraction of sp³-hybridized carbons (Fsp3) is 0.857. The van der Waals surface area contributed by atoms with Gasteiger partial charge in [0.25, 0.3) is 0 Å². The molecule has 0 N–H and O–H groups in total. The van der Waals surface area contributed by atoms with Crippen molar-refractivity contribution in [1.29, 1.82) is 0 Å². The predicted octanol–water partition coefficient (Wildman–Crippen LogP) is -0.586. The lowest BCUT2D eigenvalue weighted by Gasteiger charge is -2.26. The highest BCUT2D eigenvalue weighted by molar-refractivity contribution is 6.13. The van der Waals surface area contributed by atoms with Crippen molar-refractivity contribution in [3.8, 4) is 0 Å². The molecule has 0 rings (SSSR count). The second-order valence-corrected chi connectivity index (χ2v) is 4.14. The zero-order chi connectivity index (χ0) is 9.45. The Bertz CT molecular complexity index is 164. The van der Waals surface area contributed by atoms with Gasteiger partial charge in [-0.2, -0.15) is 0 Å². The number of methoxy groups -OCH3 is 2. The molecule has 0 amide bonds. The molecule has 0 atom stereocenters. The summed E-state index contributed by atoms with van der Waals surface area (Å²) >= 11 is 0. The Labute approximate surface area is 75.4 Å².